The van der Waals surface area contributed by atoms with E-state index in [1.165, 1.54) is 43.5 Å². The van der Waals surface area contributed by atoms with Crippen LogP contribution in [0.2, 0.25) is 5.02 Å². The van der Waals surface area contributed by atoms with Gasteiger partial charge in [-0.15, -0.1) is 0 Å². The molecule has 130 valence electrons. The molecule has 25 heavy (non-hydrogen) atoms. The van der Waals surface area contributed by atoms with Gasteiger partial charge >= 0.3 is 5.97 Å². The molecule has 2 aromatic carbocycles. The van der Waals surface area contributed by atoms with Gasteiger partial charge in [0, 0.05) is 11.3 Å². The Kier molecular flexibility index (Phi) is 6.08. The van der Waals surface area contributed by atoms with Crippen LogP contribution in [0.15, 0.2) is 42.5 Å². The molecule has 0 unspecified atom stereocenters. The van der Waals surface area contributed by atoms with Crippen LogP contribution in [-0.4, -0.2) is 31.4 Å². The average molecular weight is 365 g/mol. The van der Waals surface area contributed by atoms with Gasteiger partial charge in [0.25, 0.3) is 11.8 Å². The van der Waals surface area contributed by atoms with Crippen LogP contribution in [0.1, 0.15) is 20.7 Å². The smallest absolute Gasteiger partial charge is 0.325 e. The van der Waals surface area contributed by atoms with E-state index >= 15 is 0 Å². The lowest BCUT2D eigenvalue weighted by Gasteiger charge is -2.09. The molecular formula is C17H14ClFN2O4. The van der Waals surface area contributed by atoms with Crippen molar-refractivity contribution in [2.24, 2.45) is 0 Å². The minimum Gasteiger partial charge on any atom is -0.468 e. The number of anilines is 1. The number of rotatable bonds is 5. The first kappa shape index (κ1) is 18.4. The van der Waals surface area contributed by atoms with E-state index in [1.54, 1.807) is 0 Å². The molecule has 2 amide bonds. The maximum atomic E-state index is 13.7. The number of methoxy groups -OCH3 is 1. The molecule has 6 nitrogen and oxygen atoms in total. The summed E-state index contributed by atoms with van der Waals surface area (Å²) in [4.78, 5) is 34.9. The third-order valence-corrected chi connectivity index (χ3v) is 3.53. The number of benzene rings is 2. The topological polar surface area (TPSA) is 84.5 Å². The van der Waals surface area contributed by atoms with Crippen molar-refractivity contribution in [1.29, 1.82) is 0 Å². The van der Waals surface area contributed by atoms with Gasteiger partial charge in [-0.25, -0.2) is 4.39 Å². The first-order valence-corrected chi connectivity index (χ1v) is 7.50. The zero-order valence-corrected chi connectivity index (χ0v) is 13.9. The number of amides is 2. The highest BCUT2D eigenvalue weighted by atomic mass is 35.5. The highest BCUT2D eigenvalue weighted by Gasteiger charge is 2.16. The minimum absolute atomic E-state index is 0.00342. The first-order valence-electron chi connectivity index (χ1n) is 7.13. The zero-order chi connectivity index (χ0) is 18.4. The van der Waals surface area contributed by atoms with Crippen LogP contribution in [0.5, 0.6) is 0 Å². The molecule has 2 aromatic rings. The molecular weight excluding hydrogens is 351 g/mol. The summed E-state index contributed by atoms with van der Waals surface area (Å²) in [6.45, 7) is -0.250. The predicted octanol–water partition coefficient (Wildman–Crippen LogP) is 2.63. The Labute approximate surface area is 147 Å². The number of hydrogen-bond acceptors (Lipinski definition) is 4. The van der Waals surface area contributed by atoms with Crippen molar-refractivity contribution in [2.75, 3.05) is 19.0 Å². The van der Waals surface area contributed by atoms with E-state index in [0.29, 0.717) is 5.69 Å². The summed E-state index contributed by atoms with van der Waals surface area (Å²) in [5.74, 6) is -2.48. The van der Waals surface area contributed by atoms with Crippen LogP contribution in [-0.2, 0) is 9.53 Å². The van der Waals surface area contributed by atoms with Gasteiger partial charge in [0.1, 0.15) is 12.4 Å². The SMILES string of the molecule is COC(=O)CNC(=O)c1ccc(NC(=O)c2c(F)cccc2Cl)cc1. The van der Waals surface area contributed by atoms with Gasteiger partial charge in [-0.05, 0) is 36.4 Å². The van der Waals surface area contributed by atoms with E-state index in [4.69, 9.17) is 11.6 Å². The second kappa shape index (κ2) is 8.25. The highest BCUT2D eigenvalue weighted by molar-refractivity contribution is 6.34. The van der Waals surface area contributed by atoms with E-state index in [1.807, 2.05) is 0 Å². The van der Waals surface area contributed by atoms with Crippen molar-refractivity contribution in [3.63, 3.8) is 0 Å². The van der Waals surface area contributed by atoms with Crippen molar-refractivity contribution in [2.45, 2.75) is 0 Å². The summed E-state index contributed by atoms with van der Waals surface area (Å²) in [5.41, 5.74) is 0.378. The van der Waals surface area contributed by atoms with Crippen LogP contribution < -0.4 is 10.6 Å². The van der Waals surface area contributed by atoms with Gasteiger partial charge < -0.3 is 15.4 Å². The number of esters is 1. The lowest BCUT2D eigenvalue weighted by Crippen LogP contribution is -2.30. The van der Waals surface area contributed by atoms with E-state index in [2.05, 4.69) is 15.4 Å². The molecule has 0 aliphatic rings. The monoisotopic (exact) mass is 364 g/mol. The Bertz CT molecular complexity index is 789. The van der Waals surface area contributed by atoms with Crippen molar-refractivity contribution in [3.05, 3.63) is 64.4 Å². The number of carbonyl (C=O) groups is 3. The molecule has 0 atom stereocenters. The van der Waals surface area contributed by atoms with Crippen LogP contribution in [0.3, 0.4) is 0 Å². The van der Waals surface area contributed by atoms with Crippen molar-refractivity contribution < 1.29 is 23.5 Å². The molecule has 0 saturated heterocycles. The van der Waals surface area contributed by atoms with E-state index in [9.17, 15) is 18.8 Å². The molecule has 0 aliphatic carbocycles. The Morgan fingerprint density at radius 2 is 1.76 bits per heavy atom. The second-order valence-electron chi connectivity index (χ2n) is 4.89. The molecule has 0 aliphatic heterocycles. The predicted molar refractivity (Wildman–Crippen MR) is 90.2 cm³/mol. The summed E-state index contributed by atoms with van der Waals surface area (Å²) in [5, 5.41) is 4.88. The van der Waals surface area contributed by atoms with Crippen LogP contribution in [0.4, 0.5) is 10.1 Å². The van der Waals surface area contributed by atoms with Gasteiger partial charge in [-0.3, -0.25) is 14.4 Å². The van der Waals surface area contributed by atoms with Crippen LogP contribution >= 0.6 is 11.6 Å². The Balaban J connectivity index is 2.04. The van der Waals surface area contributed by atoms with Crippen molar-refractivity contribution in [1.82, 2.24) is 5.32 Å². The number of halogens is 2. The molecule has 0 radical (unpaired) electrons. The summed E-state index contributed by atoms with van der Waals surface area (Å²) in [7, 11) is 1.22. The Morgan fingerprint density at radius 3 is 2.36 bits per heavy atom. The van der Waals surface area contributed by atoms with E-state index < -0.39 is 23.6 Å². The number of carbonyl (C=O) groups excluding carboxylic acids is 3. The third-order valence-electron chi connectivity index (χ3n) is 3.22. The normalized spacial score (nSPS) is 10.0. The summed E-state index contributed by atoms with van der Waals surface area (Å²) >= 11 is 5.84. The number of ether oxygens (including phenoxy) is 1. The van der Waals surface area contributed by atoms with Gasteiger partial charge in [-0.2, -0.15) is 0 Å². The molecule has 8 heteroatoms. The molecule has 0 heterocycles. The first-order chi connectivity index (χ1) is 11.9. The van der Waals surface area contributed by atoms with Gasteiger partial charge in [0.2, 0.25) is 0 Å². The zero-order valence-electron chi connectivity index (χ0n) is 13.1. The minimum atomic E-state index is -0.733. The van der Waals surface area contributed by atoms with Crippen molar-refractivity contribution in [3.8, 4) is 0 Å². The molecule has 2 N–H and O–H groups in total. The van der Waals surface area contributed by atoms with Gasteiger partial charge in [-0.1, -0.05) is 17.7 Å². The quantitative estimate of drug-likeness (QED) is 0.799. The fraction of sp³-hybridized carbons (Fsp3) is 0.118. The van der Waals surface area contributed by atoms with E-state index in [0.717, 1.165) is 6.07 Å². The lowest BCUT2D eigenvalue weighted by molar-refractivity contribution is -0.139. The maximum absolute atomic E-state index is 13.7. The largest absolute Gasteiger partial charge is 0.468 e. The standard InChI is InChI=1S/C17H14ClFN2O4/c1-25-14(22)9-20-16(23)10-5-7-11(8-6-10)21-17(24)15-12(18)3-2-4-13(15)19/h2-8H,9H2,1H3,(H,20,23)(H,21,24). The van der Waals surface area contributed by atoms with E-state index in [-0.39, 0.29) is 22.7 Å². The molecule has 0 bridgehead atoms. The molecule has 2 rings (SSSR count). The van der Waals surface area contributed by atoms with Gasteiger partial charge in [0.05, 0.1) is 17.7 Å². The Morgan fingerprint density at radius 1 is 1.08 bits per heavy atom. The van der Waals surface area contributed by atoms with Crippen LogP contribution in [0.25, 0.3) is 0 Å². The Hall–Kier alpha value is -2.93. The third kappa shape index (κ3) is 4.77. The maximum Gasteiger partial charge on any atom is 0.325 e. The fourth-order valence-corrected chi connectivity index (χ4v) is 2.19. The lowest BCUT2D eigenvalue weighted by atomic mass is 10.1. The molecule has 0 spiro atoms. The van der Waals surface area contributed by atoms with Crippen molar-refractivity contribution >= 4 is 35.1 Å². The number of hydrogen-bond donors (Lipinski definition) is 2. The number of nitrogens with one attached hydrogen (secondary N) is 2. The summed E-state index contributed by atoms with van der Waals surface area (Å²) in [6, 6.07) is 9.79. The molecule has 0 fully saturated rings. The molecule has 0 saturated carbocycles. The second-order valence-corrected chi connectivity index (χ2v) is 5.29. The van der Waals surface area contributed by atoms with Gasteiger partial charge in [0.15, 0.2) is 0 Å². The average Bonchev–Trinajstić information content (AvgIpc) is 2.59. The summed E-state index contributed by atoms with van der Waals surface area (Å²) < 4.78 is 18.1. The molecule has 0 aromatic heterocycles. The highest BCUT2D eigenvalue weighted by Crippen LogP contribution is 2.20. The summed E-state index contributed by atoms with van der Waals surface area (Å²) in [6.07, 6.45) is 0. The van der Waals surface area contributed by atoms with Crippen LogP contribution in [0, 0.1) is 5.82 Å². The fourth-order valence-electron chi connectivity index (χ4n) is 1.94.